The molecule has 1 amide bonds. The Morgan fingerprint density at radius 1 is 1.14 bits per heavy atom. The normalized spacial score (nSPS) is 13.4. The first-order chi connectivity index (χ1) is 10.5. The third kappa shape index (κ3) is 5.07. The van der Waals surface area contributed by atoms with E-state index in [2.05, 4.69) is 5.32 Å². The largest absolute Gasteiger partial charge is 0.349 e. The summed E-state index contributed by atoms with van der Waals surface area (Å²) in [5.41, 5.74) is 1.75. The van der Waals surface area contributed by atoms with Gasteiger partial charge >= 0.3 is 0 Å². The molecule has 0 aliphatic rings. The van der Waals surface area contributed by atoms with Crippen molar-refractivity contribution in [1.82, 2.24) is 5.32 Å². The molecular formula is C17H18FNO2S. The number of carbonyl (C=O) groups is 1. The molecule has 5 heteroatoms. The minimum Gasteiger partial charge on any atom is -0.349 e. The van der Waals surface area contributed by atoms with E-state index in [0.29, 0.717) is 0 Å². The Hall–Kier alpha value is -2.01. The molecule has 2 aromatic rings. The molecule has 0 fully saturated rings. The molecule has 0 spiro atoms. The number of hydrogen-bond donors (Lipinski definition) is 1. The van der Waals surface area contributed by atoms with E-state index in [1.807, 2.05) is 37.3 Å². The SMILES string of the molecule is CC(NC(=O)CS(=O)Cc1ccc(F)cc1)c1ccccc1. The van der Waals surface area contributed by atoms with Gasteiger partial charge in [-0.1, -0.05) is 42.5 Å². The second-order valence-corrected chi connectivity index (χ2v) is 6.51. The van der Waals surface area contributed by atoms with E-state index in [-0.39, 0.29) is 29.3 Å². The van der Waals surface area contributed by atoms with Gasteiger partial charge in [0.15, 0.2) is 0 Å². The summed E-state index contributed by atoms with van der Waals surface area (Å²) in [6.07, 6.45) is 0. The molecule has 1 N–H and O–H groups in total. The number of carbonyl (C=O) groups excluding carboxylic acids is 1. The summed E-state index contributed by atoms with van der Waals surface area (Å²) in [6.45, 7) is 1.89. The van der Waals surface area contributed by atoms with E-state index in [1.54, 1.807) is 12.1 Å². The monoisotopic (exact) mass is 319 g/mol. The molecule has 2 rings (SSSR count). The summed E-state index contributed by atoms with van der Waals surface area (Å²) in [5, 5.41) is 2.83. The van der Waals surface area contributed by atoms with E-state index in [4.69, 9.17) is 0 Å². The zero-order valence-corrected chi connectivity index (χ0v) is 13.1. The van der Waals surface area contributed by atoms with E-state index >= 15 is 0 Å². The predicted octanol–water partition coefficient (Wildman–Crippen LogP) is 2.95. The van der Waals surface area contributed by atoms with Gasteiger partial charge in [-0.25, -0.2) is 4.39 Å². The van der Waals surface area contributed by atoms with Crippen LogP contribution in [0.25, 0.3) is 0 Å². The molecule has 0 aromatic heterocycles. The lowest BCUT2D eigenvalue weighted by atomic mass is 10.1. The number of benzene rings is 2. The van der Waals surface area contributed by atoms with Gasteiger partial charge in [-0.05, 0) is 30.2 Å². The molecular weight excluding hydrogens is 301 g/mol. The Bertz CT molecular complexity index is 643. The summed E-state index contributed by atoms with van der Waals surface area (Å²) < 4.78 is 24.8. The lowest BCUT2D eigenvalue weighted by molar-refractivity contribution is -0.119. The first-order valence-corrected chi connectivity index (χ1v) is 8.47. The van der Waals surface area contributed by atoms with Crippen molar-refractivity contribution in [2.75, 3.05) is 5.75 Å². The Labute approximate surface area is 132 Å². The van der Waals surface area contributed by atoms with E-state index < -0.39 is 10.8 Å². The van der Waals surface area contributed by atoms with Gasteiger partial charge in [0.25, 0.3) is 0 Å². The van der Waals surface area contributed by atoms with Crippen molar-refractivity contribution in [3.05, 3.63) is 71.5 Å². The molecule has 0 saturated carbocycles. The van der Waals surface area contributed by atoms with Crippen LogP contribution >= 0.6 is 0 Å². The zero-order chi connectivity index (χ0) is 15.9. The Balaban J connectivity index is 1.83. The maximum atomic E-state index is 12.8. The Morgan fingerprint density at radius 2 is 1.77 bits per heavy atom. The van der Waals surface area contributed by atoms with Crippen LogP contribution in [0.2, 0.25) is 0 Å². The molecule has 3 nitrogen and oxygen atoms in total. The van der Waals surface area contributed by atoms with Crippen molar-refractivity contribution < 1.29 is 13.4 Å². The third-order valence-electron chi connectivity index (χ3n) is 3.21. The highest BCUT2D eigenvalue weighted by Gasteiger charge is 2.12. The van der Waals surface area contributed by atoms with Crippen molar-refractivity contribution in [2.24, 2.45) is 0 Å². The molecule has 0 aliphatic carbocycles. The number of hydrogen-bond acceptors (Lipinski definition) is 2. The van der Waals surface area contributed by atoms with Crippen molar-refractivity contribution in [2.45, 2.75) is 18.7 Å². The van der Waals surface area contributed by atoms with Crippen molar-refractivity contribution in [3.63, 3.8) is 0 Å². The molecule has 116 valence electrons. The maximum absolute atomic E-state index is 12.8. The van der Waals surface area contributed by atoms with Crippen molar-refractivity contribution >= 4 is 16.7 Å². The molecule has 0 bridgehead atoms. The lowest BCUT2D eigenvalue weighted by Gasteiger charge is -2.14. The number of amides is 1. The quantitative estimate of drug-likeness (QED) is 0.890. The molecule has 2 aromatic carbocycles. The van der Waals surface area contributed by atoms with Gasteiger partial charge < -0.3 is 5.32 Å². The average Bonchev–Trinajstić information content (AvgIpc) is 2.50. The van der Waals surface area contributed by atoms with Crippen LogP contribution in [-0.2, 0) is 21.3 Å². The fourth-order valence-corrected chi connectivity index (χ4v) is 3.11. The zero-order valence-electron chi connectivity index (χ0n) is 12.3. The maximum Gasteiger partial charge on any atom is 0.233 e. The van der Waals surface area contributed by atoms with Gasteiger partial charge in [0.05, 0.1) is 6.04 Å². The summed E-state index contributed by atoms with van der Waals surface area (Å²) in [6, 6.07) is 15.3. The smallest absolute Gasteiger partial charge is 0.233 e. The standard InChI is InChI=1S/C17H18FNO2S/c1-13(15-5-3-2-4-6-15)19-17(20)12-22(21)11-14-7-9-16(18)10-8-14/h2-10,13H,11-12H2,1H3,(H,19,20). The third-order valence-corrected chi connectivity index (χ3v) is 4.45. The van der Waals surface area contributed by atoms with Gasteiger partial charge in [0.1, 0.15) is 11.6 Å². The van der Waals surface area contributed by atoms with Crippen molar-refractivity contribution in [1.29, 1.82) is 0 Å². The molecule has 0 heterocycles. The van der Waals surface area contributed by atoms with Crippen LogP contribution in [0.1, 0.15) is 24.1 Å². The van der Waals surface area contributed by atoms with Gasteiger partial charge in [-0.2, -0.15) is 0 Å². The van der Waals surface area contributed by atoms with E-state index in [0.717, 1.165) is 11.1 Å². The van der Waals surface area contributed by atoms with E-state index in [1.165, 1.54) is 12.1 Å². The highest BCUT2D eigenvalue weighted by atomic mass is 32.2. The number of nitrogens with one attached hydrogen (secondary N) is 1. The summed E-state index contributed by atoms with van der Waals surface area (Å²) in [4.78, 5) is 11.9. The second kappa shape index (κ2) is 7.84. The van der Waals surface area contributed by atoms with Gasteiger partial charge in [-0.3, -0.25) is 9.00 Å². The summed E-state index contributed by atoms with van der Waals surface area (Å²) in [5.74, 6) is -0.400. The van der Waals surface area contributed by atoms with Crippen LogP contribution in [0.4, 0.5) is 4.39 Å². The van der Waals surface area contributed by atoms with Gasteiger partial charge in [0.2, 0.25) is 5.91 Å². The number of rotatable bonds is 6. The first-order valence-electron chi connectivity index (χ1n) is 6.98. The van der Waals surface area contributed by atoms with Crippen molar-refractivity contribution in [3.8, 4) is 0 Å². The number of halogens is 1. The second-order valence-electron chi connectivity index (χ2n) is 5.05. The highest BCUT2D eigenvalue weighted by molar-refractivity contribution is 7.84. The van der Waals surface area contributed by atoms with Crippen LogP contribution in [-0.4, -0.2) is 15.9 Å². The minimum atomic E-state index is -1.32. The predicted molar refractivity (Wildman–Crippen MR) is 86.1 cm³/mol. The summed E-state index contributed by atoms with van der Waals surface area (Å²) >= 11 is 0. The average molecular weight is 319 g/mol. The van der Waals surface area contributed by atoms with Crippen LogP contribution in [0.15, 0.2) is 54.6 Å². The van der Waals surface area contributed by atoms with E-state index in [9.17, 15) is 13.4 Å². The summed E-state index contributed by atoms with van der Waals surface area (Å²) in [7, 11) is -1.32. The fraction of sp³-hybridized carbons (Fsp3) is 0.235. The topological polar surface area (TPSA) is 46.2 Å². The van der Waals surface area contributed by atoms with Crippen LogP contribution < -0.4 is 5.32 Å². The minimum absolute atomic E-state index is 0.0610. The Kier molecular flexibility index (Phi) is 5.83. The fourth-order valence-electron chi connectivity index (χ4n) is 2.07. The Morgan fingerprint density at radius 3 is 2.41 bits per heavy atom. The lowest BCUT2D eigenvalue weighted by Crippen LogP contribution is -2.31. The molecule has 2 atom stereocenters. The van der Waals surface area contributed by atoms with Crippen LogP contribution in [0.3, 0.4) is 0 Å². The van der Waals surface area contributed by atoms with Crippen LogP contribution in [0.5, 0.6) is 0 Å². The molecule has 22 heavy (non-hydrogen) atoms. The highest BCUT2D eigenvalue weighted by Crippen LogP contribution is 2.11. The molecule has 0 aliphatic heterocycles. The van der Waals surface area contributed by atoms with Gasteiger partial charge in [-0.15, -0.1) is 0 Å². The van der Waals surface area contributed by atoms with Crippen LogP contribution in [0, 0.1) is 5.82 Å². The van der Waals surface area contributed by atoms with Gasteiger partial charge in [0, 0.05) is 16.6 Å². The molecule has 2 unspecified atom stereocenters. The molecule has 0 saturated heterocycles. The first kappa shape index (κ1) is 16.4. The molecule has 0 radical (unpaired) electrons.